The summed E-state index contributed by atoms with van der Waals surface area (Å²) in [6.45, 7) is 7.44. The zero-order valence-electron chi connectivity index (χ0n) is 11.2. The van der Waals surface area contributed by atoms with Crippen LogP contribution in [0.15, 0.2) is 6.07 Å². The monoisotopic (exact) mass is 389 g/mol. The maximum atomic E-state index is 6.11. The molecule has 1 aliphatic rings. The number of hydrogen-bond acceptors (Lipinski definition) is 5. The molecule has 1 aromatic rings. The third-order valence-electron chi connectivity index (χ3n) is 2.39. The summed E-state index contributed by atoms with van der Waals surface area (Å²) < 4.78 is 12.1. The standard InChI is InChI=1S/C12H16IN3O2Si/c1-19(2,3)18-12(7-17-8-12)5-4-9-6-10(13)15-16-11(9)14/h6H,7-8H2,1-3H3,(H2,14,16). The van der Waals surface area contributed by atoms with Crippen molar-refractivity contribution in [1.29, 1.82) is 0 Å². The Morgan fingerprint density at radius 3 is 2.63 bits per heavy atom. The van der Waals surface area contributed by atoms with Crippen LogP contribution >= 0.6 is 22.6 Å². The minimum Gasteiger partial charge on any atom is -0.398 e. The molecule has 0 radical (unpaired) electrons. The highest BCUT2D eigenvalue weighted by Crippen LogP contribution is 2.26. The zero-order chi connectivity index (χ0) is 14.1. The number of nitrogens with zero attached hydrogens (tertiary/aromatic N) is 2. The van der Waals surface area contributed by atoms with E-state index in [1.807, 2.05) is 6.07 Å². The van der Waals surface area contributed by atoms with Crippen LogP contribution in [0.1, 0.15) is 5.56 Å². The molecule has 2 heterocycles. The van der Waals surface area contributed by atoms with E-state index in [1.54, 1.807) is 0 Å². The molecule has 0 saturated carbocycles. The van der Waals surface area contributed by atoms with Gasteiger partial charge in [0.1, 0.15) is 3.70 Å². The lowest BCUT2D eigenvalue weighted by molar-refractivity contribution is -0.129. The van der Waals surface area contributed by atoms with Gasteiger partial charge in [0.25, 0.3) is 0 Å². The number of rotatable bonds is 2. The highest BCUT2D eigenvalue weighted by atomic mass is 127. The first-order chi connectivity index (χ1) is 8.80. The molecule has 2 N–H and O–H groups in total. The molecule has 1 saturated heterocycles. The number of halogens is 1. The fraction of sp³-hybridized carbons (Fsp3) is 0.500. The normalized spacial score (nSPS) is 17.3. The third kappa shape index (κ3) is 3.89. The number of hydrogen-bond donors (Lipinski definition) is 1. The Hall–Kier alpha value is -0.693. The Morgan fingerprint density at radius 1 is 1.42 bits per heavy atom. The molecule has 0 atom stereocenters. The van der Waals surface area contributed by atoms with Crippen LogP contribution in [0.5, 0.6) is 0 Å². The summed E-state index contributed by atoms with van der Waals surface area (Å²) in [7, 11) is -1.67. The Labute approximate surface area is 127 Å². The molecule has 0 aromatic carbocycles. The summed E-state index contributed by atoms with van der Waals surface area (Å²) in [4.78, 5) is 0. The summed E-state index contributed by atoms with van der Waals surface area (Å²) in [6.07, 6.45) is 0. The van der Waals surface area contributed by atoms with E-state index in [9.17, 15) is 0 Å². The Morgan fingerprint density at radius 2 is 2.11 bits per heavy atom. The van der Waals surface area contributed by atoms with E-state index in [0.29, 0.717) is 24.6 Å². The average molecular weight is 389 g/mol. The van der Waals surface area contributed by atoms with E-state index in [1.165, 1.54) is 0 Å². The van der Waals surface area contributed by atoms with Crippen LogP contribution in [0.3, 0.4) is 0 Å². The van der Waals surface area contributed by atoms with Crippen molar-refractivity contribution >= 4 is 36.7 Å². The van der Waals surface area contributed by atoms with Gasteiger partial charge in [0.05, 0.1) is 18.8 Å². The predicted molar refractivity (Wildman–Crippen MR) is 84.0 cm³/mol. The van der Waals surface area contributed by atoms with Crippen molar-refractivity contribution < 1.29 is 9.16 Å². The first-order valence-corrected chi connectivity index (χ1v) is 10.4. The molecular formula is C12H16IN3O2Si. The fourth-order valence-corrected chi connectivity index (χ4v) is 3.45. The van der Waals surface area contributed by atoms with Crippen molar-refractivity contribution in [3.05, 3.63) is 15.3 Å². The second-order valence-corrected chi connectivity index (χ2v) is 11.0. The Balaban J connectivity index is 2.24. The third-order valence-corrected chi connectivity index (χ3v) is 3.92. The zero-order valence-corrected chi connectivity index (χ0v) is 14.3. The SMILES string of the molecule is C[Si](C)(C)OC1(C#Cc2cc(I)nnc2N)COC1. The lowest BCUT2D eigenvalue weighted by Gasteiger charge is -2.41. The van der Waals surface area contributed by atoms with Crippen LogP contribution in [-0.4, -0.2) is 37.3 Å². The summed E-state index contributed by atoms with van der Waals surface area (Å²) in [5.74, 6) is 6.56. The average Bonchev–Trinajstić information content (AvgIpc) is 2.25. The quantitative estimate of drug-likeness (QED) is 0.473. The van der Waals surface area contributed by atoms with E-state index < -0.39 is 13.9 Å². The van der Waals surface area contributed by atoms with Crippen LogP contribution in [0.25, 0.3) is 0 Å². The minimum absolute atomic E-state index is 0.344. The number of anilines is 1. The number of ether oxygens (including phenoxy) is 1. The second kappa shape index (κ2) is 5.36. The lowest BCUT2D eigenvalue weighted by atomic mass is 10.0. The number of aromatic nitrogens is 2. The van der Waals surface area contributed by atoms with E-state index in [0.717, 1.165) is 3.70 Å². The van der Waals surface area contributed by atoms with Gasteiger partial charge in [0, 0.05) is 0 Å². The van der Waals surface area contributed by atoms with Gasteiger partial charge in [-0.15, -0.1) is 10.2 Å². The molecule has 5 nitrogen and oxygen atoms in total. The van der Waals surface area contributed by atoms with Gasteiger partial charge < -0.3 is 14.9 Å². The van der Waals surface area contributed by atoms with Crippen LogP contribution in [0, 0.1) is 15.5 Å². The lowest BCUT2D eigenvalue weighted by Crippen LogP contribution is -2.55. The van der Waals surface area contributed by atoms with Crippen LogP contribution in [0.2, 0.25) is 19.6 Å². The molecule has 0 spiro atoms. The molecule has 0 amide bonds. The number of nitrogens with two attached hydrogens (primary N) is 1. The van der Waals surface area contributed by atoms with Gasteiger partial charge in [0.2, 0.25) is 0 Å². The highest BCUT2D eigenvalue weighted by molar-refractivity contribution is 14.1. The second-order valence-electron chi connectivity index (χ2n) is 5.42. The smallest absolute Gasteiger partial charge is 0.186 e. The van der Waals surface area contributed by atoms with Crippen LogP contribution < -0.4 is 5.73 Å². The molecular weight excluding hydrogens is 373 g/mol. The summed E-state index contributed by atoms with van der Waals surface area (Å²) in [5, 5.41) is 7.72. The van der Waals surface area contributed by atoms with Crippen molar-refractivity contribution in [2.45, 2.75) is 25.2 Å². The molecule has 7 heteroatoms. The molecule has 0 bridgehead atoms. The van der Waals surface area contributed by atoms with E-state index >= 15 is 0 Å². The molecule has 102 valence electrons. The van der Waals surface area contributed by atoms with E-state index in [-0.39, 0.29) is 0 Å². The van der Waals surface area contributed by atoms with Gasteiger partial charge in [-0.25, -0.2) is 0 Å². The van der Waals surface area contributed by atoms with E-state index in [4.69, 9.17) is 14.9 Å². The van der Waals surface area contributed by atoms with Crippen molar-refractivity contribution in [2.75, 3.05) is 18.9 Å². The van der Waals surface area contributed by atoms with Gasteiger partial charge in [-0.1, -0.05) is 11.8 Å². The first kappa shape index (κ1) is 14.7. The molecule has 1 fully saturated rings. The topological polar surface area (TPSA) is 70.3 Å². The molecule has 1 aromatic heterocycles. The fourth-order valence-electron chi connectivity index (χ4n) is 1.69. The van der Waals surface area contributed by atoms with Gasteiger partial charge >= 0.3 is 0 Å². The van der Waals surface area contributed by atoms with Crippen LogP contribution in [0.4, 0.5) is 5.82 Å². The van der Waals surface area contributed by atoms with Crippen molar-refractivity contribution in [3.8, 4) is 11.8 Å². The molecule has 1 aliphatic heterocycles. The highest BCUT2D eigenvalue weighted by Gasteiger charge is 2.41. The van der Waals surface area contributed by atoms with Gasteiger partial charge in [0.15, 0.2) is 19.7 Å². The van der Waals surface area contributed by atoms with Gasteiger partial charge in [-0.3, -0.25) is 0 Å². The Bertz CT molecular complexity index is 544. The van der Waals surface area contributed by atoms with Gasteiger partial charge in [-0.2, -0.15) is 0 Å². The summed E-state index contributed by atoms with van der Waals surface area (Å²) in [5.41, 5.74) is 5.97. The molecule has 19 heavy (non-hydrogen) atoms. The maximum absolute atomic E-state index is 6.11. The summed E-state index contributed by atoms with van der Waals surface area (Å²) >= 11 is 2.08. The molecule has 0 aliphatic carbocycles. The van der Waals surface area contributed by atoms with Gasteiger partial charge in [-0.05, 0) is 48.3 Å². The summed E-state index contributed by atoms with van der Waals surface area (Å²) in [6, 6.07) is 1.82. The van der Waals surface area contributed by atoms with Crippen LogP contribution in [-0.2, 0) is 9.16 Å². The molecule has 0 unspecified atom stereocenters. The maximum Gasteiger partial charge on any atom is 0.186 e. The van der Waals surface area contributed by atoms with Crippen molar-refractivity contribution in [3.63, 3.8) is 0 Å². The van der Waals surface area contributed by atoms with Crippen molar-refractivity contribution in [1.82, 2.24) is 10.2 Å². The van der Waals surface area contributed by atoms with E-state index in [2.05, 4.69) is 64.3 Å². The molecule has 2 rings (SSSR count). The first-order valence-electron chi connectivity index (χ1n) is 5.89. The Kier molecular flexibility index (Phi) is 4.15. The predicted octanol–water partition coefficient (Wildman–Crippen LogP) is 1.64. The number of nitrogen functional groups attached to an aromatic ring is 1. The minimum atomic E-state index is -1.67. The largest absolute Gasteiger partial charge is 0.398 e. The van der Waals surface area contributed by atoms with Crippen molar-refractivity contribution in [2.24, 2.45) is 0 Å².